The van der Waals surface area contributed by atoms with E-state index < -0.39 is 29.7 Å². The van der Waals surface area contributed by atoms with E-state index in [2.05, 4.69) is 0 Å². The molecule has 32 heavy (non-hydrogen) atoms. The van der Waals surface area contributed by atoms with Gasteiger partial charge in [-0.25, -0.2) is 9.69 Å². The van der Waals surface area contributed by atoms with Crippen molar-refractivity contribution >= 4 is 41.0 Å². The van der Waals surface area contributed by atoms with Gasteiger partial charge >= 0.3 is 5.97 Å². The van der Waals surface area contributed by atoms with Gasteiger partial charge < -0.3 is 19.5 Å². The van der Waals surface area contributed by atoms with Gasteiger partial charge in [0.1, 0.15) is 6.04 Å². The summed E-state index contributed by atoms with van der Waals surface area (Å²) < 4.78 is 10.6. The van der Waals surface area contributed by atoms with Gasteiger partial charge in [0.2, 0.25) is 18.6 Å². The number of fused-ring (bicyclic) bond motifs is 1. The van der Waals surface area contributed by atoms with Crippen LogP contribution in [0.1, 0.15) is 12.0 Å². The van der Waals surface area contributed by atoms with Crippen molar-refractivity contribution in [1.29, 1.82) is 0 Å². The van der Waals surface area contributed by atoms with Gasteiger partial charge in [-0.3, -0.25) is 14.4 Å². The summed E-state index contributed by atoms with van der Waals surface area (Å²) in [6, 6.07) is 10.2. The Kier molecular flexibility index (Phi) is 5.83. The Morgan fingerprint density at radius 3 is 2.66 bits per heavy atom. The lowest BCUT2D eigenvalue weighted by molar-refractivity contribution is -0.135. The van der Waals surface area contributed by atoms with E-state index in [1.54, 1.807) is 36.4 Å². The van der Waals surface area contributed by atoms with Crippen LogP contribution in [0.25, 0.3) is 0 Å². The maximum Gasteiger partial charge on any atom is 0.328 e. The summed E-state index contributed by atoms with van der Waals surface area (Å²) in [5.41, 5.74) is 0.916. The topological polar surface area (TPSA) is 113 Å². The molecule has 1 atom stereocenters. The van der Waals surface area contributed by atoms with Gasteiger partial charge in [-0.2, -0.15) is 0 Å². The zero-order valence-corrected chi connectivity index (χ0v) is 17.3. The largest absolute Gasteiger partial charge is 0.478 e. The molecular formula is C22H17ClN2O7. The highest BCUT2D eigenvalue weighted by atomic mass is 35.5. The summed E-state index contributed by atoms with van der Waals surface area (Å²) in [6.07, 6.45) is 1.29. The van der Waals surface area contributed by atoms with E-state index in [9.17, 15) is 19.2 Å². The van der Waals surface area contributed by atoms with E-state index in [4.69, 9.17) is 26.2 Å². The maximum atomic E-state index is 13.2. The third-order valence-electron chi connectivity index (χ3n) is 5.01. The van der Waals surface area contributed by atoms with Crippen molar-refractivity contribution in [3.63, 3.8) is 0 Å². The number of imide groups is 1. The van der Waals surface area contributed by atoms with E-state index in [1.165, 1.54) is 11.0 Å². The summed E-state index contributed by atoms with van der Waals surface area (Å²) in [5, 5.41) is 9.24. The molecule has 164 valence electrons. The second-order valence-corrected chi connectivity index (χ2v) is 7.53. The van der Waals surface area contributed by atoms with Gasteiger partial charge in [0.05, 0.1) is 12.1 Å². The Balaban J connectivity index is 1.65. The molecule has 2 heterocycles. The fourth-order valence-corrected chi connectivity index (χ4v) is 3.75. The molecule has 0 saturated carbocycles. The predicted molar refractivity (Wildman–Crippen MR) is 112 cm³/mol. The standard InChI is InChI=1S/C22H17ClN2O7/c23-14-2-1-3-15(9-14)25-20(27)10-16(22(25)30)24(19(26)6-7-21(28)29)11-13-4-5-17-18(8-13)32-12-31-17/h1-9,16H,10-12H2,(H,28,29)/b7-6+. The molecule has 0 radical (unpaired) electrons. The molecule has 1 fully saturated rings. The highest BCUT2D eigenvalue weighted by Gasteiger charge is 2.44. The number of carboxylic acids is 1. The zero-order chi connectivity index (χ0) is 22.8. The molecule has 0 aromatic heterocycles. The first kappa shape index (κ1) is 21.4. The van der Waals surface area contributed by atoms with Crippen LogP contribution in [0.4, 0.5) is 5.69 Å². The number of hydrogen-bond acceptors (Lipinski definition) is 6. The number of nitrogens with zero attached hydrogens (tertiary/aromatic N) is 2. The normalized spacial score (nSPS) is 17.3. The number of rotatable bonds is 6. The van der Waals surface area contributed by atoms with Gasteiger partial charge in [-0.05, 0) is 35.9 Å². The summed E-state index contributed by atoms with van der Waals surface area (Å²) in [6.45, 7) is 0.0273. The Hall–Kier alpha value is -3.85. The molecule has 0 aliphatic carbocycles. The summed E-state index contributed by atoms with van der Waals surface area (Å²) in [7, 11) is 0. The number of hydrogen-bond donors (Lipinski definition) is 1. The molecule has 2 aliphatic rings. The molecule has 9 nitrogen and oxygen atoms in total. The molecule has 2 aromatic carbocycles. The van der Waals surface area contributed by atoms with Crippen LogP contribution in [0.3, 0.4) is 0 Å². The van der Waals surface area contributed by atoms with E-state index in [0.717, 1.165) is 11.0 Å². The minimum atomic E-state index is -1.31. The van der Waals surface area contributed by atoms with Crippen LogP contribution in [-0.4, -0.2) is 46.5 Å². The number of halogens is 1. The number of carbonyl (C=O) groups excluding carboxylic acids is 3. The molecule has 10 heteroatoms. The molecule has 2 aliphatic heterocycles. The Morgan fingerprint density at radius 2 is 1.91 bits per heavy atom. The fourth-order valence-electron chi connectivity index (χ4n) is 3.56. The van der Waals surface area contributed by atoms with Crippen LogP contribution in [-0.2, 0) is 25.7 Å². The van der Waals surface area contributed by atoms with Gasteiger partial charge in [-0.1, -0.05) is 23.7 Å². The maximum absolute atomic E-state index is 13.2. The molecule has 2 aromatic rings. The third-order valence-corrected chi connectivity index (χ3v) is 5.24. The zero-order valence-electron chi connectivity index (χ0n) is 16.6. The van der Waals surface area contributed by atoms with Crippen LogP contribution < -0.4 is 14.4 Å². The number of carbonyl (C=O) groups is 4. The Bertz CT molecular complexity index is 1150. The number of aliphatic carboxylic acids is 1. The Morgan fingerprint density at radius 1 is 1.12 bits per heavy atom. The average Bonchev–Trinajstić information content (AvgIpc) is 3.33. The van der Waals surface area contributed by atoms with Crippen molar-refractivity contribution in [2.75, 3.05) is 11.7 Å². The van der Waals surface area contributed by atoms with Crippen molar-refractivity contribution in [2.24, 2.45) is 0 Å². The highest BCUT2D eigenvalue weighted by Crippen LogP contribution is 2.34. The van der Waals surface area contributed by atoms with Crippen molar-refractivity contribution in [3.8, 4) is 11.5 Å². The van der Waals surface area contributed by atoms with Crippen molar-refractivity contribution in [1.82, 2.24) is 4.90 Å². The third kappa shape index (κ3) is 4.28. The minimum Gasteiger partial charge on any atom is -0.478 e. The van der Waals surface area contributed by atoms with E-state index in [1.807, 2.05) is 0 Å². The van der Waals surface area contributed by atoms with Crippen LogP contribution >= 0.6 is 11.6 Å². The number of anilines is 1. The van der Waals surface area contributed by atoms with E-state index in [0.29, 0.717) is 33.8 Å². The molecule has 1 N–H and O–H groups in total. The van der Waals surface area contributed by atoms with Gasteiger partial charge in [0.15, 0.2) is 11.5 Å². The predicted octanol–water partition coefficient (Wildman–Crippen LogP) is 2.37. The second-order valence-electron chi connectivity index (χ2n) is 7.09. The number of ether oxygens (including phenoxy) is 2. The van der Waals surface area contributed by atoms with Gasteiger partial charge in [0, 0.05) is 23.7 Å². The van der Waals surface area contributed by atoms with Crippen molar-refractivity contribution < 1.29 is 33.8 Å². The average molecular weight is 457 g/mol. The molecule has 4 rings (SSSR count). The SMILES string of the molecule is O=C(O)/C=C/C(=O)N(Cc1ccc2c(c1)OCO2)C1CC(=O)N(c2cccc(Cl)c2)C1=O. The van der Waals surface area contributed by atoms with Crippen LogP contribution in [0.2, 0.25) is 5.02 Å². The van der Waals surface area contributed by atoms with Crippen molar-refractivity contribution in [3.05, 3.63) is 65.2 Å². The lowest BCUT2D eigenvalue weighted by Crippen LogP contribution is -2.44. The van der Waals surface area contributed by atoms with E-state index in [-0.39, 0.29) is 19.8 Å². The molecular weight excluding hydrogens is 440 g/mol. The summed E-state index contributed by atoms with van der Waals surface area (Å²) >= 11 is 5.99. The highest BCUT2D eigenvalue weighted by molar-refractivity contribution is 6.31. The lowest BCUT2D eigenvalue weighted by Gasteiger charge is -2.27. The van der Waals surface area contributed by atoms with Crippen LogP contribution in [0.15, 0.2) is 54.6 Å². The van der Waals surface area contributed by atoms with Crippen LogP contribution in [0.5, 0.6) is 11.5 Å². The first-order chi connectivity index (χ1) is 15.3. The molecule has 0 bridgehead atoms. The lowest BCUT2D eigenvalue weighted by atomic mass is 10.1. The van der Waals surface area contributed by atoms with Crippen LogP contribution in [0, 0.1) is 0 Å². The number of benzene rings is 2. The first-order valence-electron chi connectivity index (χ1n) is 9.56. The van der Waals surface area contributed by atoms with Gasteiger partial charge in [0.25, 0.3) is 5.91 Å². The summed E-state index contributed by atoms with van der Waals surface area (Å²) in [5.74, 6) is -2.08. The second kappa shape index (κ2) is 8.72. The number of carboxylic acid groups (broad SMARTS) is 1. The quantitative estimate of drug-likeness (QED) is 0.524. The van der Waals surface area contributed by atoms with E-state index >= 15 is 0 Å². The first-order valence-corrected chi connectivity index (χ1v) is 9.94. The summed E-state index contributed by atoms with van der Waals surface area (Å²) in [4.78, 5) is 51.7. The molecule has 1 unspecified atom stereocenters. The fraction of sp³-hybridized carbons (Fsp3) is 0.182. The smallest absolute Gasteiger partial charge is 0.328 e. The Labute approximate surface area is 187 Å². The number of amides is 3. The molecule has 0 spiro atoms. The van der Waals surface area contributed by atoms with Crippen molar-refractivity contribution in [2.45, 2.75) is 19.0 Å². The minimum absolute atomic E-state index is 0.0491. The molecule has 1 saturated heterocycles. The monoisotopic (exact) mass is 456 g/mol. The van der Waals surface area contributed by atoms with Gasteiger partial charge in [-0.15, -0.1) is 0 Å². The molecule has 3 amide bonds.